The topological polar surface area (TPSA) is 64.0 Å². The lowest BCUT2D eigenvalue weighted by Crippen LogP contribution is -2.13. The minimum absolute atomic E-state index is 0.276. The summed E-state index contributed by atoms with van der Waals surface area (Å²) in [6, 6.07) is 22.8. The molecular weight excluding hydrogens is 406 g/mol. The summed E-state index contributed by atoms with van der Waals surface area (Å²) in [5.74, 6) is 1.04. The molecule has 1 aromatic heterocycles. The number of para-hydroxylation sites is 2. The Kier molecular flexibility index (Phi) is 6.09. The summed E-state index contributed by atoms with van der Waals surface area (Å²) in [7, 11) is -1.56. The van der Waals surface area contributed by atoms with Crippen molar-refractivity contribution in [2.45, 2.75) is 37.5 Å². The van der Waals surface area contributed by atoms with Crippen molar-refractivity contribution >= 4 is 26.7 Å². The summed E-state index contributed by atoms with van der Waals surface area (Å²) < 4.78 is 30.1. The lowest BCUT2D eigenvalue weighted by atomic mass is 10.1. The number of nitrogens with zero attached hydrogens (tertiary/aromatic N) is 2. The van der Waals surface area contributed by atoms with E-state index in [-0.39, 0.29) is 4.90 Å². The number of aryl methyl sites for hydroxylation is 4. The first kappa shape index (κ1) is 21.1. The number of anilines is 1. The van der Waals surface area contributed by atoms with E-state index >= 15 is 0 Å². The summed E-state index contributed by atoms with van der Waals surface area (Å²) in [6.45, 7) is 2.11. The maximum Gasteiger partial charge on any atom is 0.261 e. The van der Waals surface area contributed by atoms with Crippen molar-refractivity contribution in [3.63, 3.8) is 0 Å². The lowest BCUT2D eigenvalue weighted by Gasteiger charge is -2.10. The van der Waals surface area contributed by atoms with Gasteiger partial charge in [0.15, 0.2) is 0 Å². The second kappa shape index (κ2) is 8.94. The van der Waals surface area contributed by atoms with Gasteiger partial charge in [0.05, 0.1) is 15.9 Å². The first-order valence-corrected chi connectivity index (χ1v) is 12.1. The van der Waals surface area contributed by atoms with E-state index < -0.39 is 10.0 Å². The second-order valence-electron chi connectivity index (χ2n) is 7.77. The molecule has 0 radical (unpaired) electrons. The predicted molar refractivity (Wildman–Crippen MR) is 126 cm³/mol. The molecule has 0 saturated heterocycles. The van der Waals surface area contributed by atoms with Crippen molar-refractivity contribution in [1.82, 2.24) is 9.55 Å². The fourth-order valence-corrected chi connectivity index (χ4v) is 4.81. The number of benzene rings is 3. The second-order valence-corrected chi connectivity index (χ2v) is 9.45. The van der Waals surface area contributed by atoms with Gasteiger partial charge in [-0.15, -0.1) is 0 Å². The Labute approximate surface area is 183 Å². The van der Waals surface area contributed by atoms with Gasteiger partial charge in [0.1, 0.15) is 5.82 Å². The zero-order chi connectivity index (χ0) is 21.8. The SMILES string of the molecule is CCCc1ccc(S(=O)(=O)Nc2ccc(CCc3nc4ccccc4n3C)cc2)cc1. The van der Waals surface area contributed by atoms with E-state index in [1.165, 1.54) is 0 Å². The average Bonchev–Trinajstić information content (AvgIpc) is 3.09. The van der Waals surface area contributed by atoms with Crippen LogP contribution in [0.5, 0.6) is 0 Å². The van der Waals surface area contributed by atoms with E-state index in [2.05, 4.69) is 22.3 Å². The van der Waals surface area contributed by atoms with Crippen LogP contribution in [0.2, 0.25) is 0 Å². The highest BCUT2D eigenvalue weighted by molar-refractivity contribution is 7.92. The van der Waals surface area contributed by atoms with Crippen LogP contribution in [-0.4, -0.2) is 18.0 Å². The van der Waals surface area contributed by atoms with E-state index in [9.17, 15) is 8.42 Å². The molecule has 4 rings (SSSR count). The van der Waals surface area contributed by atoms with E-state index in [1.54, 1.807) is 12.1 Å². The van der Waals surface area contributed by atoms with Gasteiger partial charge in [-0.05, 0) is 60.4 Å². The molecule has 0 amide bonds. The van der Waals surface area contributed by atoms with Crippen LogP contribution >= 0.6 is 0 Å². The largest absolute Gasteiger partial charge is 0.331 e. The Bertz CT molecular complexity index is 1270. The summed E-state index contributed by atoms with van der Waals surface area (Å²) in [5.41, 5.74) is 4.98. The molecule has 0 bridgehead atoms. The van der Waals surface area contributed by atoms with Gasteiger partial charge >= 0.3 is 0 Å². The molecular formula is C25H27N3O2S. The molecule has 31 heavy (non-hydrogen) atoms. The van der Waals surface area contributed by atoms with Crippen molar-refractivity contribution < 1.29 is 8.42 Å². The summed E-state index contributed by atoms with van der Waals surface area (Å²) in [4.78, 5) is 4.99. The van der Waals surface area contributed by atoms with Gasteiger partial charge < -0.3 is 4.57 Å². The Hall–Kier alpha value is -3.12. The van der Waals surface area contributed by atoms with Crippen LogP contribution in [0.15, 0.2) is 77.7 Å². The Balaban J connectivity index is 1.41. The monoisotopic (exact) mass is 433 g/mol. The molecule has 1 N–H and O–H groups in total. The van der Waals surface area contributed by atoms with E-state index in [1.807, 2.05) is 61.6 Å². The number of nitrogens with one attached hydrogen (secondary N) is 1. The van der Waals surface area contributed by atoms with Gasteiger partial charge in [-0.1, -0.05) is 49.7 Å². The lowest BCUT2D eigenvalue weighted by molar-refractivity contribution is 0.601. The summed E-state index contributed by atoms with van der Waals surface area (Å²) >= 11 is 0. The quantitative estimate of drug-likeness (QED) is 0.420. The van der Waals surface area contributed by atoms with Crippen LogP contribution in [-0.2, 0) is 36.3 Å². The van der Waals surface area contributed by atoms with Crippen LogP contribution in [0.3, 0.4) is 0 Å². The molecule has 0 spiro atoms. The maximum absolute atomic E-state index is 12.7. The maximum atomic E-state index is 12.7. The highest BCUT2D eigenvalue weighted by Crippen LogP contribution is 2.19. The average molecular weight is 434 g/mol. The summed E-state index contributed by atoms with van der Waals surface area (Å²) in [5, 5.41) is 0. The molecule has 5 nitrogen and oxygen atoms in total. The van der Waals surface area contributed by atoms with Crippen molar-refractivity contribution in [3.05, 3.63) is 89.7 Å². The fourth-order valence-electron chi connectivity index (χ4n) is 3.75. The van der Waals surface area contributed by atoms with Crippen molar-refractivity contribution in [3.8, 4) is 0 Å². The van der Waals surface area contributed by atoms with Crippen molar-refractivity contribution in [1.29, 1.82) is 0 Å². The van der Waals surface area contributed by atoms with Gasteiger partial charge in [-0.25, -0.2) is 13.4 Å². The molecule has 0 atom stereocenters. The molecule has 160 valence electrons. The Morgan fingerprint density at radius 3 is 2.16 bits per heavy atom. The minimum atomic E-state index is -3.60. The molecule has 1 heterocycles. The first-order chi connectivity index (χ1) is 15.0. The standard InChI is InChI=1S/C25H27N3O2S/c1-3-6-19-11-16-22(17-12-19)31(29,30)27-21-14-9-20(10-15-21)13-18-25-26-23-7-4-5-8-24(23)28(25)2/h4-5,7-12,14-17,27H,3,6,13,18H2,1-2H3. The molecule has 0 saturated carbocycles. The van der Waals surface area contributed by atoms with Crippen molar-refractivity contribution in [2.75, 3.05) is 4.72 Å². The minimum Gasteiger partial charge on any atom is -0.331 e. The van der Waals surface area contributed by atoms with Gasteiger partial charge in [0.25, 0.3) is 10.0 Å². The zero-order valence-electron chi connectivity index (χ0n) is 17.9. The number of fused-ring (bicyclic) bond motifs is 1. The van der Waals surface area contributed by atoms with E-state index in [0.717, 1.165) is 53.7 Å². The van der Waals surface area contributed by atoms with Crippen LogP contribution in [0.4, 0.5) is 5.69 Å². The van der Waals surface area contributed by atoms with Crippen LogP contribution in [0.1, 0.15) is 30.3 Å². The molecule has 0 aliphatic rings. The van der Waals surface area contributed by atoms with Crippen LogP contribution in [0.25, 0.3) is 11.0 Å². The number of rotatable bonds is 8. The normalized spacial score (nSPS) is 11.7. The van der Waals surface area contributed by atoms with Gasteiger partial charge in [0, 0.05) is 19.2 Å². The number of aromatic nitrogens is 2. The molecule has 4 aromatic rings. The number of imidazole rings is 1. The molecule has 6 heteroatoms. The number of hydrogen-bond donors (Lipinski definition) is 1. The highest BCUT2D eigenvalue weighted by Gasteiger charge is 2.14. The number of sulfonamides is 1. The Morgan fingerprint density at radius 2 is 1.48 bits per heavy atom. The van der Waals surface area contributed by atoms with Gasteiger partial charge in [0.2, 0.25) is 0 Å². The molecule has 0 aliphatic heterocycles. The fraction of sp³-hybridized carbons (Fsp3) is 0.240. The molecule has 0 aliphatic carbocycles. The molecule has 0 fully saturated rings. The third-order valence-corrected chi connectivity index (χ3v) is 6.89. The highest BCUT2D eigenvalue weighted by atomic mass is 32.2. The Morgan fingerprint density at radius 1 is 0.839 bits per heavy atom. The smallest absolute Gasteiger partial charge is 0.261 e. The van der Waals surface area contributed by atoms with E-state index in [4.69, 9.17) is 4.98 Å². The van der Waals surface area contributed by atoms with E-state index in [0.29, 0.717) is 5.69 Å². The third-order valence-electron chi connectivity index (χ3n) is 5.50. The molecule has 3 aromatic carbocycles. The third kappa shape index (κ3) is 4.80. The van der Waals surface area contributed by atoms with Gasteiger partial charge in [-0.2, -0.15) is 0 Å². The number of hydrogen-bond acceptors (Lipinski definition) is 3. The van der Waals surface area contributed by atoms with Crippen LogP contribution in [0, 0.1) is 0 Å². The first-order valence-electron chi connectivity index (χ1n) is 10.6. The van der Waals surface area contributed by atoms with Crippen LogP contribution < -0.4 is 4.72 Å². The molecule has 0 unspecified atom stereocenters. The zero-order valence-corrected chi connectivity index (χ0v) is 18.7. The van der Waals surface area contributed by atoms with Crippen molar-refractivity contribution in [2.24, 2.45) is 7.05 Å². The van der Waals surface area contributed by atoms with Gasteiger partial charge in [-0.3, -0.25) is 4.72 Å². The summed E-state index contributed by atoms with van der Waals surface area (Å²) in [6.07, 6.45) is 3.64. The predicted octanol–water partition coefficient (Wildman–Crippen LogP) is 5.11.